The van der Waals surface area contributed by atoms with Crippen molar-refractivity contribution in [1.82, 2.24) is 9.47 Å². The van der Waals surface area contributed by atoms with Gasteiger partial charge in [-0.2, -0.15) is 0 Å². The second kappa shape index (κ2) is 4.43. The Morgan fingerprint density at radius 1 is 1.39 bits per heavy atom. The molecule has 1 aliphatic heterocycles. The van der Waals surface area contributed by atoms with Crippen molar-refractivity contribution in [2.24, 2.45) is 5.92 Å². The van der Waals surface area contributed by atoms with E-state index in [0.29, 0.717) is 18.5 Å². The van der Waals surface area contributed by atoms with Gasteiger partial charge in [0.05, 0.1) is 6.10 Å². The first kappa shape index (κ1) is 11.8. The molecule has 2 aliphatic rings. The molecule has 0 radical (unpaired) electrons. The number of carbonyl (C=O) groups excluding carboxylic acids is 1. The minimum Gasteiger partial charge on any atom is -0.391 e. The van der Waals surface area contributed by atoms with E-state index in [2.05, 4.69) is 4.57 Å². The Morgan fingerprint density at radius 3 is 2.83 bits per heavy atom. The van der Waals surface area contributed by atoms with Crippen LogP contribution in [0.25, 0.3) is 0 Å². The van der Waals surface area contributed by atoms with E-state index in [-0.39, 0.29) is 12.0 Å². The zero-order valence-electron chi connectivity index (χ0n) is 10.7. The number of β-amino-alcohol motifs (C(OH)–C–C–N with tert-alkyl or cyclic N) is 1. The van der Waals surface area contributed by atoms with Crippen molar-refractivity contribution in [3.8, 4) is 0 Å². The van der Waals surface area contributed by atoms with Crippen LogP contribution < -0.4 is 0 Å². The largest absolute Gasteiger partial charge is 0.391 e. The zero-order chi connectivity index (χ0) is 12.7. The molecule has 0 spiro atoms. The van der Waals surface area contributed by atoms with Crippen LogP contribution in [-0.4, -0.2) is 39.7 Å². The van der Waals surface area contributed by atoms with Gasteiger partial charge >= 0.3 is 0 Å². The molecule has 1 saturated heterocycles. The molecule has 1 saturated carbocycles. The van der Waals surface area contributed by atoms with Crippen molar-refractivity contribution < 1.29 is 9.90 Å². The predicted molar refractivity (Wildman–Crippen MR) is 68.4 cm³/mol. The van der Waals surface area contributed by atoms with Crippen molar-refractivity contribution in [1.29, 1.82) is 0 Å². The standard InChI is InChI=1S/C14H20N2O2/c1-10-6-8-15(9-13(10)17)14(18)12-3-2-7-16(12)11-4-5-11/h2-3,7,10-11,13,17H,4-6,8-9H2,1H3. The average Bonchev–Trinajstić information content (AvgIpc) is 3.09. The summed E-state index contributed by atoms with van der Waals surface area (Å²) < 4.78 is 2.09. The number of piperidine rings is 1. The highest BCUT2D eigenvalue weighted by Gasteiger charge is 2.31. The lowest BCUT2D eigenvalue weighted by Gasteiger charge is -2.34. The van der Waals surface area contributed by atoms with Gasteiger partial charge in [-0.1, -0.05) is 6.92 Å². The van der Waals surface area contributed by atoms with Gasteiger partial charge in [-0.25, -0.2) is 0 Å². The number of hydrogen-bond donors (Lipinski definition) is 1. The lowest BCUT2D eigenvalue weighted by atomic mass is 9.96. The van der Waals surface area contributed by atoms with E-state index in [0.717, 1.165) is 18.7 Å². The van der Waals surface area contributed by atoms with Crippen molar-refractivity contribution in [2.75, 3.05) is 13.1 Å². The maximum absolute atomic E-state index is 12.5. The first-order chi connectivity index (χ1) is 8.66. The van der Waals surface area contributed by atoms with Crippen molar-refractivity contribution >= 4 is 5.91 Å². The van der Waals surface area contributed by atoms with E-state index < -0.39 is 0 Å². The Labute approximate surface area is 107 Å². The number of aromatic nitrogens is 1. The molecule has 0 bridgehead atoms. The summed E-state index contributed by atoms with van der Waals surface area (Å²) in [7, 11) is 0. The van der Waals surface area contributed by atoms with Crippen LogP contribution >= 0.6 is 0 Å². The molecule has 2 heterocycles. The number of aliphatic hydroxyl groups is 1. The number of amides is 1. The number of nitrogens with zero attached hydrogens (tertiary/aromatic N) is 2. The molecule has 18 heavy (non-hydrogen) atoms. The predicted octanol–water partition coefficient (Wildman–Crippen LogP) is 1.67. The molecule has 1 aliphatic carbocycles. The molecule has 2 atom stereocenters. The Hall–Kier alpha value is -1.29. The molecule has 4 heteroatoms. The Bertz CT molecular complexity index is 450. The van der Waals surface area contributed by atoms with Gasteiger partial charge in [0.1, 0.15) is 5.69 Å². The van der Waals surface area contributed by atoms with Gasteiger partial charge in [-0.15, -0.1) is 0 Å². The minimum absolute atomic E-state index is 0.0675. The molecule has 3 rings (SSSR count). The highest BCUT2D eigenvalue weighted by Crippen LogP contribution is 2.36. The normalized spacial score (nSPS) is 28.4. The van der Waals surface area contributed by atoms with Crippen LogP contribution in [0.15, 0.2) is 18.3 Å². The number of hydrogen-bond acceptors (Lipinski definition) is 2. The third-order valence-electron chi connectivity index (χ3n) is 4.14. The summed E-state index contributed by atoms with van der Waals surface area (Å²) in [6.45, 7) is 3.27. The SMILES string of the molecule is CC1CCN(C(=O)c2cccn2C2CC2)CC1O. The summed E-state index contributed by atoms with van der Waals surface area (Å²) in [5.41, 5.74) is 0.777. The Kier molecular flexibility index (Phi) is 2.90. The van der Waals surface area contributed by atoms with Crippen LogP contribution in [0.2, 0.25) is 0 Å². The van der Waals surface area contributed by atoms with Gasteiger partial charge < -0.3 is 14.6 Å². The smallest absolute Gasteiger partial charge is 0.270 e. The van der Waals surface area contributed by atoms with E-state index in [9.17, 15) is 9.90 Å². The molecule has 98 valence electrons. The van der Waals surface area contributed by atoms with Crippen LogP contribution in [0.5, 0.6) is 0 Å². The quantitative estimate of drug-likeness (QED) is 0.865. The molecule has 1 aromatic heterocycles. The summed E-state index contributed by atoms with van der Waals surface area (Å²) in [4.78, 5) is 14.3. The fraction of sp³-hybridized carbons (Fsp3) is 0.643. The molecule has 0 aromatic carbocycles. The third kappa shape index (κ3) is 2.05. The second-order valence-electron chi connectivity index (χ2n) is 5.62. The van der Waals surface area contributed by atoms with E-state index in [1.807, 2.05) is 25.3 Å². The van der Waals surface area contributed by atoms with Crippen molar-refractivity contribution in [3.05, 3.63) is 24.0 Å². The Balaban J connectivity index is 1.75. The van der Waals surface area contributed by atoms with Crippen LogP contribution in [-0.2, 0) is 0 Å². The number of aliphatic hydroxyl groups excluding tert-OH is 1. The van der Waals surface area contributed by atoms with E-state index >= 15 is 0 Å². The monoisotopic (exact) mass is 248 g/mol. The molecular formula is C14H20N2O2. The average molecular weight is 248 g/mol. The lowest BCUT2D eigenvalue weighted by molar-refractivity contribution is 0.0242. The fourth-order valence-corrected chi connectivity index (χ4v) is 2.64. The zero-order valence-corrected chi connectivity index (χ0v) is 10.7. The molecule has 2 unspecified atom stereocenters. The highest BCUT2D eigenvalue weighted by molar-refractivity contribution is 5.93. The van der Waals surface area contributed by atoms with Gasteiger partial charge in [-0.3, -0.25) is 4.79 Å². The summed E-state index contributed by atoms with van der Waals surface area (Å²) >= 11 is 0. The fourth-order valence-electron chi connectivity index (χ4n) is 2.64. The van der Waals surface area contributed by atoms with Gasteiger partial charge in [-0.05, 0) is 37.3 Å². The van der Waals surface area contributed by atoms with Crippen molar-refractivity contribution in [2.45, 2.75) is 38.3 Å². The summed E-state index contributed by atoms with van der Waals surface area (Å²) in [5, 5.41) is 9.88. The van der Waals surface area contributed by atoms with Crippen LogP contribution in [0.1, 0.15) is 42.7 Å². The van der Waals surface area contributed by atoms with Crippen LogP contribution in [0, 0.1) is 5.92 Å². The lowest BCUT2D eigenvalue weighted by Crippen LogP contribution is -2.46. The molecular weight excluding hydrogens is 228 g/mol. The van der Waals surface area contributed by atoms with Crippen LogP contribution in [0.4, 0.5) is 0 Å². The molecule has 2 fully saturated rings. The van der Waals surface area contributed by atoms with E-state index in [4.69, 9.17) is 0 Å². The Morgan fingerprint density at radius 2 is 2.17 bits per heavy atom. The first-order valence-electron chi connectivity index (χ1n) is 6.81. The molecule has 1 N–H and O–H groups in total. The van der Waals surface area contributed by atoms with E-state index in [1.165, 1.54) is 12.8 Å². The minimum atomic E-state index is -0.382. The number of carbonyl (C=O) groups is 1. The maximum Gasteiger partial charge on any atom is 0.270 e. The van der Waals surface area contributed by atoms with Gasteiger partial charge in [0.25, 0.3) is 5.91 Å². The number of likely N-dealkylation sites (tertiary alicyclic amines) is 1. The second-order valence-corrected chi connectivity index (χ2v) is 5.62. The highest BCUT2D eigenvalue weighted by atomic mass is 16.3. The third-order valence-corrected chi connectivity index (χ3v) is 4.14. The van der Waals surface area contributed by atoms with Gasteiger partial charge in [0, 0.05) is 25.3 Å². The first-order valence-corrected chi connectivity index (χ1v) is 6.81. The topological polar surface area (TPSA) is 45.5 Å². The van der Waals surface area contributed by atoms with Crippen LogP contribution in [0.3, 0.4) is 0 Å². The van der Waals surface area contributed by atoms with Gasteiger partial charge in [0.2, 0.25) is 0 Å². The summed E-state index contributed by atoms with van der Waals surface area (Å²) in [5.74, 6) is 0.363. The molecule has 1 amide bonds. The summed E-state index contributed by atoms with van der Waals surface area (Å²) in [6, 6.07) is 4.35. The summed E-state index contributed by atoms with van der Waals surface area (Å²) in [6.07, 6.45) is 4.85. The molecule has 4 nitrogen and oxygen atoms in total. The maximum atomic E-state index is 12.5. The van der Waals surface area contributed by atoms with Crippen molar-refractivity contribution in [3.63, 3.8) is 0 Å². The number of rotatable bonds is 2. The van der Waals surface area contributed by atoms with Gasteiger partial charge in [0.15, 0.2) is 0 Å². The molecule has 1 aromatic rings. The van der Waals surface area contributed by atoms with E-state index in [1.54, 1.807) is 4.90 Å².